The Kier molecular flexibility index (Phi) is 4.08. The van der Waals surface area contributed by atoms with Gasteiger partial charge in [-0.25, -0.2) is 0 Å². The third-order valence-electron chi connectivity index (χ3n) is 8.99. The first-order valence-corrected chi connectivity index (χ1v) is 11.6. The summed E-state index contributed by atoms with van der Waals surface area (Å²) < 4.78 is 0. The maximum absolute atomic E-state index is 2.47. The third kappa shape index (κ3) is 2.21. The fourth-order valence-corrected chi connectivity index (χ4v) is 6.41. The average Bonchev–Trinajstić information content (AvgIpc) is 3.08. The lowest BCUT2D eigenvalue weighted by Crippen LogP contribution is -1.98. The minimum Gasteiger partial charge on any atom is -0.0505 e. The number of rotatable bonds is 0. The highest BCUT2D eigenvalue weighted by atomic mass is 14.4. The predicted molar refractivity (Wildman–Crippen MR) is 138 cm³/mol. The summed E-state index contributed by atoms with van der Waals surface area (Å²) in [4.78, 5) is 0. The van der Waals surface area contributed by atoms with Crippen molar-refractivity contribution in [1.29, 1.82) is 0 Å². The Morgan fingerprint density at radius 2 is 0.774 bits per heavy atom. The van der Waals surface area contributed by atoms with Gasteiger partial charge in [0.2, 0.25) is 0 Å². The van der Waals surface area contributed by atoms with Crippen LogP contribution in [0.1, 0.15) is 61.2 Å². The molecule has 5 rings (SSSR count). The van der Waals surface area contributed by atoms with Crippen LogP contribution in [-0.2, 0) is 0 Å². The highest BCUT2D eigenvalue weighted by Crippen LogP contribution is 2.57. The smallest absolute Gasteiger partial charge is 0.00108 e. The zero-order valence-corrected chi connectivity index (χ0v) is 21.1. The first kappa shape index (κ1) is 20.3. The third-order valence-corrected chi connectivity index (χ3v) is 8.99. The van der Waals surface area contributed by atoms with E-state index in [2.05, 4.69) is 82.2 Å². The molecule has 31 heavy (non-hydrogen) atoms. The molecule has 0 aromatic heterocycles. The van der Waals surface area contributed by atoms with Gasteiger partial charge in [-0.1, -0.05) is 6.07 Å². The van der Waals surface area contributed by atoms with Crippen LogP contribution in [0.15, 0.2) is 6.07 Å². The van der Waals surface area contributed by atoms with Gasteiger partial charge in [0.1, 0.15) is 0 Å². The molecule has 0 nitrogen and oxygen atoms in total. The fourth-order valence-electron chi connectivity index (χ4n) is 6.41. The van der Waals surface area contributed by atoms with Crippen LogP contribution in [0.5, 0.6) is 0 Å². The van der Waals surface area contributed by atoms with E-state index in [1.165, 1.54) is 105 Å². The van der Waals surface area contributed by atoms with E-state index >= 15 is 0 Å². The van der Waals surface area contributed by atoms with Gasteiger partial charge in [0.05, 0.1) is 0 Å². The van der Waals surface area contributed by atoms with E-state index in [9.17, 15) is 0 Å². The zero-order chi connectivity index (χ0) is 22.7. The van der Waals surface area contributed by atoms with Gasteiger partial charge >= 0.3 is 0 Å². The van der Waals surface area contributed by atoms with E-state index in [0.29, 0.717) is 0 Å². The lowest BCUT2D eigenvalue weighted by molar-refractivity contribution is 1.22. The van der Waals surface area contributed by atoms with E-state index in [1.807, 2.05) is 0 Å². The van der Waals surface area contributed by atoms with E-state index in [0.717, 1.165) is 0 Å². The summed E-state index contributed by atoms with van der Waals surface area (Å²) >= 11 is 0. The second kappa shape index (κ2) is 6.22. The second-order valence-corrected chi connectivity index (χ2v) is 10.1. The molecule has 0 atom stereocenters. The van der Waals surface area contributed by atoms with Crippen molar-refractivity contribution in [3.63, 3.8) is 0 Å². The standard InChI is InChI=1S/C31H34/c1-13-12-24-25(18(6)14(13)2)23(11)26-19(7)17(5)22(10)29-27-20(8)15(3)16(4)21(9)28(27)30(24)31(26)29/h12H,1-11H3. The van der Waals surface area contributed by atoms with Crippen molar-refractivity contribution in [3.8, 4) is 22.3 Å². The Morgan fingerprint density at radius 1 is 0.323 bits per heavy atom. The van der Waals surface area contributed by atoms with Crippen LogP contribution < -0.4 is 0 Å². The first-order chi connectivity index (χ1) is 14.5. The van der Waals surface area contributed by atoms with Crippen molar-refractivity contribution in [1.82, 2.24) is 0 Å². The van der Waals surface area contributed by atoms with Crippen LogP contribution >= 0.6 is 0 Å². The van der Waals surface area contributed by atoms with Gasteiger partial charge in [-0.3, -0.25) is 0 Å². The molecule has 0 saturated carbocycles. The van der Waals surface area contributed by atoms with Gasteiger partial charge in [-0.15, -0.1) is 0 Å². The Balaban J connectivity index is 2.25. The minimum atomic E-state index is 1.40. The lowest BCUT2D eigenvalue weighted by Gasteiger charge is -2.21. The van der Waals surface area contributed by atoms with Crippen LogP contribution in [0.4, 0.5) is 0 Å². The molecule has 0 spiro atoms. The minimum absolute atomic E-state index is 1.40. The molecule has 4 aromatic carbocycles. The van der Waals surface area contributed by atoms with Crippen molar-refractivity contribution in [3.05, 3.63) is 67.3 Å². The molecule has 1 aliphatic carbocycles. The average molecular weight is 407 g/mol. The van der Waals surface area contributed by atoms with Crippen molar-refractivity contribution in [2.75, 3.05) is 0 Å². The molecule has 0 heteroatoms. The molecule has 0 fully saturated rings. The van der Waals surface area contributed by atoms with E-state index < -0.39 is 0 Å². The number of aryl methyl sites for hydroxylation is 4. The van der Waals surface area contributed by atoms with Crippen molar-refractivity contribution in [2.24, 2.45) is 0 Å². The summed E-state index contributed by atoms with van der Waals surface area (Å²) in [5.74, 6) is 0. The lowest BCUT2D eigenvalue weighted by atomic mass is 9.83. The molecule has 0 saturated heterocycles. The van der Waals surface area contributed by atoms with Crippen LogP contribution in [0.25, 0.3) is 43.8 Å². The molecule has 0 aliphatic heterocycles. The highest BCUT2D eigenvalue weighted by molar-refractivity contribution is 6.28. The summed E-state index contributed by atoms with van der Waals surface area (Å²) in [6.45, 7) is 25.5. The van der Waals surface area contributed by atoms with Gasteiger partial charge in [-0.05, 0) is 181 Å². The maximum atomic E-state index is 2.47. The summed E-state index contributed by atoms with van der Waals surface area (Å²) in [6.07, 6.45) is 0. The van der Waals surface area contributed by atoms with Crippen LogP contribution in [0, 0.1) is 76.2 Å². The number of benzene rings is 4. The molecule has 0 bridgehead atoms. The normalized spacial score (nSPS) is 12.4. The number of fused-ring (bicyclic) bond motifs is 5. The summed E-state index contributed by atoms with van der Waals surface area (Å²) in [6, 6.07) is 2.47. The van der Waals surface area contributed by atoms with E-state index in [4.69, 9.17) is 0 Å². The molecule has 0 unspecified atom stereocenters. The van der Waals surface area contributed by atoms with Crippen LogP contribution in [-0.4, -0.2) is 0 Å². The molecular formula is C31H34. The summed E-state index contributed by atoms with van der Waals surface area (Å²) in [5.41, 5.74) is 21.8. The topological polar surface area (TPSA) is 0 Å². The molecule has 4 aromatic rings. The van der Waals surface area contributed by atoms with E-state index in [1.54, 1.807) is 0 Å². The molecule has 0 radical (unpaired) electrons. The number of hydrogen-bond acceptors (Lipinski definition) is 0. The fraction of sp³-hybridized carbons (Fsp3) is 0.355. The maximum Gasteiger partial charge on any atom is -0.00108 e. The largest absolute Gasteiger partial charge is 0.0505 e. The van der Waals surface area contributed by atoms with Crippen molar-refractivity contribution >= 4 is 21.5 Å². The Hall–Kier alpha value is -2.60. The van der Waals surface area contributed by atoms with Gasteiger partial charge in [0.15, 0.2) is 0 Å². The van der Waals surface area contributed by atoms with E-state index in [-0.39, 0.29) is 0 Å². The molecular weight excluding hydrogens is 372 g/mol. The van der Waals surface area contributed by atoms with Crippen molar-refractivity contribution in [2.45, 2.75) is 76.2 Å². The molecule has 158 valence electrons. The van der Waals surface area contributed by atoms with Gasteiger partial charge < -0.3 is 0 Å². The monoisotopic (exact) mass is 406 g/mol. The second-order valence-electron chi connectivity index (χ2n) is 10.1. The first-order valence-electron chi connectivity index (χ1n) is 11.6. The Bertz CT molecular complexity index is 1510. The predicted octanol–water partition coefficient (Wildman–Crippen LogP) is 9.03. The summed E-state index contributed by atoms with van der Waals surface area (Å²) in [7, 11) is 0. The molecule has 0 N–H and O–H groups in total. The molecule has 0 heterocycles. The quantitative estimate of drug-likeness (QED) is 0.225. The summed E-state index contributed by atoms with van der Waals surface area (Å²) in [5, 5.41) is 5.89. The van der Waals surface area contributed by atoms with Gasteiger partial charge in [0.25, 0.3) is 0 Å². The van der Waals surface area contributed by atoms with Crippen molar-refractivity contribution < 1.29 is 0 Å². The molecule has 0 amide bonds. The van der Waals surface area contributed by atoms with Gasteiger partial charge in [0, 0.05) is 0 Å². The number of hydrogen-bond donors (Lipinski definition) is 0. The Labute approximate surface area is 187 Å². The zero-order valence-electron chi connectivity index (χ0n) is 21.1. The molecule has 1 aliphatic rings. The van der Waals surface area contributed by atoms with Crippen LogP contribution in [0.2, 0.25) is 0 Å². The Morgan fingerprint density at radius 3 is 1.35 bits per heavy atom. The van der Waals surface area contributed by atoms with Gasteiger partial charge in [-0.2, -0.15) is 0 Å². The SMILES string of the molecule is Cc1cc2c3c4c(c(C)c(C)c(C)c4c(C)c2c(C)c1C)-c1c(C)c(C)c(C)c(C)c1-3. The van der Waals surface area contributed by atoms with Crippen LogP contribution in [0.3, 0.4) is 0 Å². The highest BCUT2D eigenvalue weighted by Gasteiger charge is 2.33.